The van der Waals surface area contributed by atoms with E-state index in [1.54, 1.807) is 30.5 Å². The van der Waals surface area contributed by atoms with Gasteiger partial charge in [0.2, 0.25) is 0 Å². The highest BCUT2D eigenvalue weighted by atomic mass is 16.5. The molecule has 0 N–H and O–H groups in total. The average molecular weight is 384 g/mol. The summed E-state index contributed by atoms with van der Waals surface area (Å²) >= 11 is 0. The van der Waals surface area contributed by atoms with E-state index in [9.17, 15) is 10.1 Å². The molecule has 1 amide bonds. The lowest BCUT2D eigenvalue weighted by atomic mass is 10.1. The monoisotopic (exact) mass is 384 g/mol. The molecule has 1 fully saturated rings. The van der Waals surface area contributed by atoms with Crippen LogP contribution < -0.4 is 9.64 Å². The predicted octanol–water partition coefficient (Wildman–Crippen LogP) is 3.71. The minimum absolute atomic E-state index is 0.00237. The number of rotatable bonds is 4. The molecular weight excluding hydrogens is 364 g/mol. The Hall–Kier alpha value is -3.85. The number of amides is 1. The highest BCUT2D eigenvalue weighted by molar-refractivity contribution is 5.94. The summed E-state index contributed by atoms with van der Waals surface area (Å²) in [5.41, 5.74) is 1.19. The van der Waals surface area contributed by atoms with Crippen molar-refractivity contribution < 1.29 is 9.53 Å². The lowest BCUT2D eigenvalue weighted by Crippen LogP contribution is -2.49. The number of aromatic nitrogens is 1. The molecule has 6 nitrogen and oxygen atoms in total. The number of piperazine rings is 1. The molecule has 1 aliphatic rings. The molecule has 3 aromatic rings. The molecule has 0 spiro atoms. The summed E-state index contributed by atoms with van der Waals surface area (Å²) in [6, 6.07) is 22.4. The Morgan fingerprint density at radius 1 is 0.897 bits per heavy atom. The van der Waals surface area contributed by atoms with Crippen LogP contribution in [-0.2, 0) is 0 Å². The number of nitrogens with zero attached hydrogens (tertiary/aromatic N) is 4. The van der Waals surface area contributed by atoms with E-state index in [0.29, 0.717) is 48.9 Å². The van der Waals surface area contributed by atoms with Crippen molar-refractivity contribution in [2.45, 2.75) is 0 Å². The Bertz CT molecular complexity index is 1020. The van der Waals surface area contributed by atoms with Crippen LogP contribution in [0.5, 0.6) is 11.5 Å². The van der Waals surface area contributed by atoms with Crippen molar-refractivity contribution in [2.24, 2.45) is 0 Å². The molecule has 2 heterocycles. The van der Waals surface area contributed by atoms with Gasteiger partial charge in [0, 0.05) is 37.9 Å². The first kappa shape index (κ1) is 18.5. The average Bonchev–Trinajstić information content (AvgIpc) is 2.80. The molecule has 1 aliphatic heterocycles. The molecule has 1 aromatic heterocycles. The third kappa shape index (κ3) is 4.19. The molecular formula is C23H20N4O2. The maximum Gasteiger partial charge on any atom is 0.253 e. The van der Waals surface area contributed by atoms with Gasteiger partial charge in [0.25, 0.3) is 5.91 Å². The van der Waals surface area contributed by atoms with Crippen LogP contribution >= 0.6 is 0 Å². The van der Waals surface area contributed by atoms with Gasteiger partial charge in [-0.05, 0) is 48.5 Å². The number of hydrogen-bond donors (Lipinski definition) is 0. The van der Waals surface area contributed by atoms with E-state index in [2.05, 4.69) is 16.0 Å². The number of pyridine rings is 1. The van der Waals surface area contributed by atoms with Gasteiger partial charge in [-0.15, -0.1) is 0 Å². The van der Waals surface area contributed by atoms with Gasteiger partial charge in [0.15, 0.2) is 0 Å². The maximum atomic E-state index is 12.8. The minimum atomic E-state index is -0.00237. The summed E-state index contributed by atoms with van der Waals surface area (Å²) in [6.45, 7) is 2.46. The van der Waals surface area contributed by atoms with E-state index >= 15 is 0 Å². The summed E-state index contributed by atoms with van der Waals surface area (Å²) in [5.74, 6) is 2.13. The normalized spacial score (nSPS) is 13.6. The Kier molecular flexibility index (Phi) is 5.39. The van der Waals surface area contributed by atoms with Gasteiger partial charge in [-0.2, -0.15) is 5.26 Å². The van der Waals surface area contributed by atoms with Crippen LogP contribution in [0.25, 0.3) is 0 Å². The lowest BCUT2D eigenvalue weighted by molar-refractivity contribution is 0.0746. The molecule has 2 aromatic carbocycles. The van der Waals surface area contributed by atoms with Gasteiger partial charge in [-0.3, -0.25) is 4.79 Å². The number of hydrogen-bond acceptors (Lipinski definition) is 5. The van der Waals surface area contributed by atoms with Gasteiger partial charge in [-0.1, -0.05) is 18.2 Å². The van der Waals surface area contributed by atoms with Crippen molar-refractivity contribution in [1.29, 1.82) is 5.26 Å². The molecule has 0 saturated carbocycles. The number of carbonyl (C=O) groups excluding carboxylic acids is 1. The van der Waals surface area contributed by atoms with Crippen LogP contribution in [0.2, 0.25) is 0 Å². The van der Waals surface area contributed by atoms with E-state index < -0.39 is 0 Å². The number of anilines is 1. The second-order valence-corrected chi connectivity index (χ2v) is 6.71. The molecule has 0 atom stereocenters. The first-order valence-electron chi connectivity index (χ1n) is 9.47. The number of carbonyl (C=O) groups is 1. The second kappa shape index (κ2) is 8.44. The topological polar surface area (TPSA) is 69.5 Å². The van der Waals surface area contributed by atoms with Crippen molar-refractivity contribution in [3.8, 4) is 17.6 Å². The van der Waals surface area contributed by atoms with E-state index in [4.69, 9.17) is 4.74 Å². The van der Waals surface area contributed by atoms with Gasteiger partial charge >= 0.3 is 0 Å². The van der Waals surface area contributed by atoms with Gasteiger partial charge < -0.3 is 14.5 Å². The maximum absolute atomic E-state index is 12.8. The molecule has 0 bridgehead atoms. The first-order valence-corrected chi connectivity index (χ1v) is 9.47. The largest absolute Gasteiger partial charge is 0.457 e. The number of nitriles is 1. The van der Waals surface area contributed by atoms with Gasteiger partial charge in [-0.25, -0.2) is 4.98 Å². The third-order valence-electron chi connectivity index (χ3n) is 4.85. The Balaban J connectivity index is 1.38. The van der Waals surface area contributed by atoms with Crippen LogP contribution in [0.15, 0.2) is 72.9 Å². The van der Waals surface area contributed by atoms with Crippen LogP contribution in [0.4, 0.5) is 5.82 Å². The van der Waals surface area contributed by atoms with Gasteiger partial charge in [0.05, 0.1) is 5.56 Å². The molecule has 29 heavy (non-hydrogen) atoms. The molecule has 1 saturated heterocycles. The van der Waals surface area contributed by atoms with Crippen molar-refractivity contribution in [1.82, 2.24) is 9.88 Å². The molecule has 0 unspecified atom stereocenters. The summed E-state index contributed by atoms with van der Waals surface area (Å²) in [6.07, 6.45) is 1.69. The zero-order valence-electron chi connectivity index (χ0n) is 15.9. The molecule has 6 heteroatoms. The third-order valence-corrected chi connectivity index (χ3v) is 4.85. The fraction of sp³-hybridized carbons (Fsp3) is 0.174. The molecule has 144 valence electrons. The second-order valence-electron chi connectivity index (χ2n) is 6.71. The standard InChI is InChI=1S/C23H20N4O2/c24-17-19-5-4-12-25-22(19)26-13-15-27(16-14-26)23(28)18-8-10-21(11-9-18)29-20-6-2-1-3-7-20/h1-12H,13-16H2. The SMILES string of the molecule is N#Cc1cccnc1N1CCN(C(=O)c2ccc(Oc3ccccc3)cc2)CC1. The molecule has 4 rings (SSSR count). The van der Waals surface area contributed by atoms with Crippen molar-refractivity contribution in [3.05, 3.63) is 84.1 Å². The number of benzene rings is 2. The molecule has 0 aliphatic carbocycles. The van der Waals surface area contributed by atoms with Crippen molar-refractivity contribution in [2.75, 3.05) is 31.1 Å². The minimum Gasteiger partial charge on any atom is -0.457 e. The Morgan fingerprint density at radius 3 is 2.28 bits per heavy atom. The zero-order valence-corrected chi connectivity index (χ0v) is 15.9. The van der Waals surface area contributed by atoms with Crippen LogP contribution in [0.3, 0.4) is 0 Å². The summed E-state index contributed by atoms with van der Waals surface area (Å²) in [7, 11) is 0. The lowest BCUT2D eigenvalue weighted by Gasteiger charge is -2.35. The molecule has 0 radical (unpaired) electrons. The van der Waals surface area contributed by atoms with Crippen LogP contribution in [0, 0.1) is 11.3 Å². The van der Waals surface area contributed by atoms with Crippen molar-refractivity contribution >= 4 is 11.7 Å². The van der Waals surface area contributed by atoms with E-state index in [0.717, 1.165) is 5.75 Å². The highest BCUT2D eigenvalue weighted by Crippen LogP contribution is 2.22. The first-order chi connectivity index (χ1) is 14.2. The van der Waals surface area contributed by atoms with E-state index in [-0.39, 0.29) is 5.91 Å². The fourth-order valence-corrected chi connectivity index (χ4v) is 3.33. The van der Waals surface area contributed by atoms with Crippen LogP contribution in [0.1, 0.15) is 15.9 Å². The zero-order chi connectivity index (χ0) is 20.1. The highest BCUT2D eigenvalue weighted by Gasteiger charge is 2.24. The Morgan fingerprint density at radius 2 is 1.59 bits per heavy atom. The summed E-state index contributed by atoms with van der Waals surface area (Å²) in [4.78, 5) is 21.1. The number of para-hydroxylation sites is 1. The summed E-state index contributed by atoms with van der Waals surface area (Å²) < 4.78 is 5.78. The number of ether oxygens (including phenoxy) is 1. The van der Waals surface area contributed by atoms with Gasteiger partial charge in [0.1, 0.15) is 23.4 Å². The fourth-order valence-electron chi connectivity index (χ4n) is 3.33. The van der Waals surface area contributed by atoms with Crippen LogP contribution in [-0.4, -0.2) is 42.0 Å². The van der Waals surface area contributed by atoms with E-state index in [1.807, 2.05) is 47.4 Å². The summed E-state index contributed by atoms with van der Waals surface area (Å²) in [5, 5.41) is 9.26. The Labute approximate surface area is 169 Å². The predicted molar refractivity (Wildman–Crippen MR) is 110 cm³/mol. The van der Waals surface area contributed by atoms with E-state index in [1.165, 1.54) is 0 Å². The smallest absolute Gasteiger partial charge is 0.253 e. The quantitative estimate of drug-likeness (QED) is 0.686. The van der Waals surface area contributed by atoms with Crippen molar-refractivity contribution in [3.63, 3.8) is 0 Å².